The molecule has 1 aromatic carbocycles. The Hall–Kier alpha value is -1.14. The lowest BCUT2D eigenvalue weighted by Gasteiger charge is -2.20. The first-order valence-corrected chi connectivity index (χ1v) is 5.40. The number of hydrogen-bond donors (Lipinski definition) is 2. The molecule has 0 radical (unpaired) electrons. The third-order valence-electron chi connectivity index (χ3n) is 2.35. The molecule has 0 spiro atoms. The van der Waals surface area contributed by atoms with Crippen LogP contribution in [0.3, 0.4) is 0 Å². The largest absolute Gasteiger partial charge is 0.506 e. The summed E-state index contributed by atoms with van der Waals surface area (Å²) < 4.78 is 0. The number of aromatic hydroxyl groups is 1. The molecule has 2 nitrogen and oxygen atoms in total. The molecule has 0 amide bonds. The molecule has 0 bridgehead atoms. The molecule has 0 atom stereocenters. The highest BCUT2D eigenvalue weighted by Gasteiger charge is 2.17. The van der Waals surface area contributed by atoms with E-state index < -0.39 is 0 Å². The fourth-order valence-corrected chi connectivity index (χ4v) is 1.57. The van der Waals surface area contributed by atoms with E-state index in [0.717, 1.165) is 5.56 Å². The molecule has 1 N–H and O–H groups in total. The van der Waals surface area contributed by atoms with Crippen molar-refractivity contribution in [1.82, 2.24) is 0 Å². The third-order valence-corrected chi connectivity index (χ3v) is 2.69. The standard InChI is InChI=1S/C12H15NOS/c1-12(2,3)10-4-8(6-13)11(14)9(5-10)7-15/h4-5,14-15H,7H2,1-3H3. The van der Waals surface area contributed by atoms with E-state index in [1.165, 1.54) is 0 Å². The molecular weight excluding hydrogens is 206 g/mol. The number of nitrogens with zero attached hydrogens (tertiary/aromatic N) is 1. The van der Waals surface area contributed by atoms with Gasteiger partial charge in [-0.2, -0.15) is 17.9 Å². The monoisotopic (exact) mass is 221 g/mol. The Kier molecular flexibility index (Phi) is 3.31. The van der Waals surface area contributed by atoms with Gasteiger partial charge in [-0.05, 0) is 17.0 Å². The highest BCUT2D eigenvalue weighted by Crippen LogP contribution is 2.31. The average Bonchev–Trinajstić information content (AvgIpc) is 2.16. The van der Waals surface area contributed by atoms with Gasteiger partial charge in [-0.15, -0.1) is 0 Å². The van der Waals surface area contributed by atoms with Gasteiger partial charge in [-0.25, -0.2) is 0 Å². The number of phenolic OH excluding ortho intramolecular Hbond substituents is 1. The molecule has 1 rings (SSSR count). The fourth-order valence-electron chi connectivity index (χ4n) is 1.33. The van der Waals surface area contributed by atoms with Crippen molar-refractivity contribution >= 4 is 12.6 Å². The van der Waals surface area contributed by atoms with Crippen LogP contribution in [0.5, 0.6) is 5.75 Å². The first-order valence-electron chi connectivity index (χ1n) is 4.77. The zero-order valence-corrected chi connectivity index (χ0v) is 10.1. The summed E-state index contributed by atoms with van der Waals surface area (Å²) in [6.07, 6.45) is 0. The predicted molar refractivity (Wildman–Crippen MR) is 64.2 cm³/mol. The lowest BCUT2D eigenvalue weighted by molar-refractivity contribution is 0.467. The second-order valence-corrected chi connectivity index (χ2v) is 4.87. The minimum absolute atomic E-state index is 0.0308. The van der Waals surface area contributed by atoms with E-state index in [4.69, 9.17) is 5.26 Å². The van der Waals surface area contributed by atoms with Crippen LogP contribution < -0.4 is 0 Å². The molecule has 0 saturated carbocycles. The van der Waals surface area contributed by atoms with E-state index in [1.54, 1.807) is 6.07 Å². The van der Waals surface area contributed by atoms with Crippen LogP contribution in [0.25, 0.3) is 0 Å². The van der Waals surface area contributed by atoms with Crippen LogP contribution in [-0.2, 0) is 11.2 Å². The molecule has 0 aliphatic heterocycles. The second-order valence-electron chi connectivity index (χ2n) is 4.55. The average molecular weight is 221 g/mol. The summed E-state index contributed by atoms with van der Waals surface area (Å²) in [4.78, 5) is 0. The lowest BCUT2D eigenvalue weighted by Crippen LogP contribution is -2.11. The molecule has 80 valence electrons. The van der Waals surface area contributed by atoms with Gasteiger partial charge in [-0.1, -0.05) is 26.8 Å². The Balaban J connectivity index is 3.42. The van der Waals surface area contributed by atoms with Crippen molar-refractivity contribution in [3.63, 3.8) is 0 Å². The van der Waals surface area contributed by atoms with Crippen molar-refractivity contribution in [3.8, 4) is 11.8 Å². The molecule has 0 heterocycles. The number of nitriles is 1. The summed E-state index contributed by atoms with van der Waals surface area (Å²) in [5.41, 5.74) is 2.05. The van der Waals surface area contributed by atoms with Gasteiger partial charge in [0.05, 0.1) is 5.56 Å². The number of thiol groups is 1. The van der Waals surface area contributed by atoms with Gasteiger partial charge >= 0.3 is 0 Å². The van der Waals surface area contributed by atoms with E-state index >= 15 is 0 Å². The van der Waals surface area contributed by atoms with Gasteiger partial charge < -0.3 is 5.11 Å². The Labute approximate surface area is 96.0 Å². The van der Waals surface area contributed by atoms with Gasteiger partial charge in [0.15, 0.2) is 0 Å². The third kappa shape index (κ3) is 2.45. The van der Waals surface area contributed by atoms with Crippen molar-refractivity contribution in [2.45, 2.75) is 31.9 Å². The quantitative estimate of drug-likeness (QED) is 0.716. The van der Waals surface area contributed by atoms with E-state index in [2.05, 4.69) is 33.4 Å². The topological polar surface area (TPSA) is 44.0 Å². The maximum Gasteiger partial charge on any atom is 0.137 e. The van der Waals surface area contributed by atoms with Gasteiger partial charge in [0.2, 0.25) is 0 Å². The molecule has 0 aliphatic carbocycles. The van der Waals surface area contributed by atoms with Crippen LogP contribution in [0, 0.1) is 11.3 Å². The second kappa shape index (κ2) is 4.16. The molecule has 3 heteroatoms. The minimum atomic E-state index is -0.0308. The van der Waals surface area contributed by atoms with E-state index in [1.807, 2.05) is 12.1 Å². The fraction of sp³-hybridized carbons (Fsp3) is 0.417. The van der Waals surface area contributed by atoms with Crippen molar-refractivity contribution < 1.29 is 5.11 Å². The van der Waals surface area contributed by atoms with Crippen LogP contribution >= 0.6 is 12.6 Å². The molecule has 0 fully saturated rings. The van der Waals surface area contributed by atoms with Crippen molar-refractivity contribution in [2.75, 3.05) is 0 Å². The number of rotatable bonds is 1. The lowest BCUT2D eigenvalue weighted by atomic mass is 9.85. The van der Waals surface area contributed by atoms with Gasteiger partial charge in [-0.3, -0.25) is 0 Å². The smallest absolute Gasteiger partial charge is 0.137 e. The maximum absolute atomic E-state index is 9.71. The van der Waals surface area contributed by atoms with Gasteiger partial charge in [0.1, 0.15) is 11.8 Å². The van der Waals surface area contributed by atoms with Gasteiger partial charge in [0, 0.05) is 11.3 Å². The molecule has 0 unspecified atom stereocenters. The van der Waals surface area contributed by atoms with E-state index in [9.17, 15) is 5.11 Å². The van der Waals surface area contributed by atoms with Crippen LogP contribution in [0.15, 0.2) is 12.1 Å². The summed E-state index contributed by atoms with van der Waals surface area (Å²) in [5, 5.41) is 18.6. The Bertz CT molecular complexity index is 413. The number of hydrogen-bond acceptors (Lipinski definition) is 3. The van der Waals surface area contributed by atoms with Crippen molar-refractivity contribution in [1.29, 1.82) is 5.26 Å². The summed E-state index contributed by atoms with van der Waals surface area (Å²) in [5.74, 6) is 0.491. The Morgan fingerprint density at radius 1 is 1.40 bits per heavy atom. The number of benzene rings is 1. The normalized spacial score (nSPS) is 11.1. The Morgan fingerprint density at radius 2 is 2.00 bits per heavy atom. The van der Waals surface area contributed by atoms with Gasteiger partial charge in [0.25, 0.3) is 0 Å². The Morgan fingerprint density at radius 3 is 2.40 bits per heavy atom. The summed E-state index contributed by atoms with van der Waals surface area (Å²) >= 11 is 4.14. The molecular formula is C12H15NOS. The van der Waals surface area contributed by atoms with Crippen LogP contribution in [0.2, 0.25) is 0 Å². The number of phenols is 1. The van der Waals surface area contributed by atoms with E-state index in [0.29, 0.717) is 16.9 Å². The zero-order valence-electron chi connectivity index (χ0n) is 9.20. The first kappa shape index (κ1) is 11.9. The summed E-state index contributed by atoms with van der Waals surface area (Å²) in [6, 6.07) is 5.64. The maximum atomic E-state index is 9.71. The van der Waals surface area contributed by atoms with Crippen LogP contribution in [0.4, 0.5) is 0 Å². The van der Waals surface area contributed by atoms with Crippen LogP contribution in [-0.4, -0.2) is 5.11 Å². The van der Waals surface area contributed by atoms with E-state index in [-0.39, 0.29) is 11.2 Å². The molecule has 0 saturated heterocycles. The highest BCUT2D eigenvalue weighted by molar-refractivity contribution is 7.79. The SMILES string of the molecule is CC(C)(C)c1cc(C#N)c(O)c(CS)c1. The van der Waals surface area contributed by atoms with Crippen molar-refractivity contribution in [2.24, 2.45) is 0 Å². The first-order chi connectivity index (χ1) is 6.90. The highest BCUT2D eigenvalue weighted by atomic mass is 32.1. The zero-order chi connectivity index (χ0) is 11.6. The molecule has 0 aliphatic rings. The summed E-state index contributed by atoms with van der Waals surface area (Å²) in [7, 11) is 0. The molecule has 15 heavy (non-hydrogen) atoms. The minimum Gasteiger partial charge on any atom is -0.506 e. The van der Waals surface area contributed by atoms with Crippen LogP contribution in [0.1, 0.15) is 37.5 Å². The summed E-state index contributed by atoms with van der Waals surface area (Å²) in [6.45, 7) is 6.22. The molecule has 0 aromatic heterocycles. The van der Waals surface area contributed by atoms with Crippen molar-refractivity contribution in [3.05, 3.63) is 28.8 Å². The predicted octanol–water partition coefficient (Wildman–Crippen LogP) is 2.99. The molecule has 1 aromatic rings.